The maximum atomic E-state index is 14.3. The number of halogens is 1. The van der Waals surface area contributed by atoms with Crippen molar-refractivity contribution >= 4 is 5.91 Å². The Morgan fingerprint density at radius 2 is 1.90 bits per heavy atom. The highest BCUT2D eigenvalue weighted by atomic mass is 19.1. The molecule has 0 spiro atoms. The van der Waals surface area contributed by atoms with Crippen molar-refractivity contribution in [3.8, 4) is 22.9 Å². The number of benzene rings is 3. The Hall–Kier alpha value is -3.65. The Bertz CT molecular complexity index is 1120. The summed E-state index contributed by atoms with van der Waals surface area (Å²) in [6, 6.07) is 21.1. The van der Waals surface area contributed by atoms with Crippen LogP contribution in [0.3, 0.4) is 0 Å². The lowest BCUT2D eigenvalue weighted by molar-refractivity contribution is 0.0733. The van der Waals surface area contributed by atoms with Crippen LogP contribution in [0.5, 0.6) is 5.75 Å². The minimum Gasteiger partial charge on any atom is -0.497 e. The molecule has 0 aromatic heterocycles. The van der Waals surface area contributed by atoms with E-state index in [0.29, 0.717) is 29.0 Å². The Morgan fingerprint density at radius 1 is 1.13 bits per heavy atom. The lowest BCUT2D eigenvalue weighted by atomic mass is 9.98. The quantitative estimate of drug-likeness (QED) is 0.593. The van der Waals surface area contributed by atoms with Crippen LogP contribution < -0.4 is 4.74 Å². The largest absolute Gasteiger partial charge is 0.497 e. The minimum atomic E-state index is -0.277. The number of hydrogen-bond acceptors (Lipinski definition) is 3. The molecule has 1 aliphatic heterocycles. The summed E-state index contributed by atoms with van der Waals surface area (Å²) >= 11 is 0. The number of carbonyl (C=O) groups is 1. The van der Waals surface area contributed by atoms with E-state index in [1.807, 2.05) is 18.2 Å². The van der Waals surface area contributed by atoms with Crippen LogP contribution in [0.2, 0.25) is 0 Å². The predicted molar refractivity (Wildman–Crippen MR) is 113 cm³/mol. The Balaban J connectivity index is 1.59. The number of methoxy groups -OCH3 is 1. The fraction of sp³-hybridized carbons (Fsp3) is 0.200. The summed E-state index contributed by atoms with van der Waals surface area (Å²) in [5.74, 6) is 0.235. The maximum Gasteiger partial charge on any atom is 0.254 e. The van der Waals surface area contributed by atoms with Crippen LogP contribution in [-0.4, -0.2) is 24.5 Å². The lowest BCUT2D eigenvalue weighted by Gasteiger charge is -2.25. The second-order valence-corrected chi connectivity index (χ2v) is 7.28. The molecule has 0 unspecified atom stereocenters. The van der Waals surface area contributed by atoms with Crippen molar-refractivity contribution in [1.29, 1.82) is 5.26 Å². The zero-order valence-electron chi connectivity index (χ0n) is 16.6. The van der Waals surface area contributed by atoms with Crippen molar-refractivity contribution in [1.82, 2.24) is 4.90 Å². The Labute approximate surface area is 175 Å². The van der Waals surface area contributed by atoms with Gasteiger partial charge < -0.3 is 9.64 Å². The summed E-state index contributed by atoms with van der Waals surface area (Å²) in [6.07, 6.45) is 1.60. The van der Waals surface area contributed by atoms with Gasteiger partial charge in [0.05, 0.1) is 24.8 Å². The van der Waals surface area contributed by atoms with Gasteiger partial charge >= 0.3 is 0 Å². The van der Waals surface area contributed by atoms with E-state index in [9.17, 15) is 14.4 Å². The van der Waals surface area contributed by atoms with Crippen molar-refractivity contribution in [2.45, 2.75) is 18.9 Å². The molecule has 0 radical (unpaired) electrons. The second kappa shape index (κ2) is 8.38. The summed E-state index contributed by atoms with van der Waals surface area (Å²) < 4.78 is 19.5. The first-order chi connectivity index (χ1) is 14.6. The Kier molecular flexibility index (Phi) is 5.49. The topological polar surface area (TPSA) is 53.3 Å². The first-order valence-electron chi connectivity index (χ1n) is 9.86. The molecular weight excluding hydrogens is 379 g/mol. The van der Waals surface area contributed by atoms with E-state index in [-0.39, 0.29) is 17.8 Å². The van der Waals surface area contributed by atoms with E-state index in [0.717, 1.165) is 24.0 Å². The molecular formula is C25H21FN2O2. The number of nitrogens with zero attached hydrogens (tertiary/aromatic N) is 2. The smallest absolute Gasteiger partial charge is 0.254 e. The first kappa shape index (κ1) is 19.7. The molecule has 1 heterocycles. The molecule has 150 valence electrons. The van der Waals surface area contributed by atoms with E-state index in [1.165, 1.54) is 6.07 Å². The zero-order valence-corrected chi connectivity index (χ0v) is 16.6. The molecule has 1 fully saturated rings. The molecule has 1 amide bonds. The van der Waals surface area contributed by atoms with Crippen LogP contribution in [0.4, 0.5) is 4.39 Å². The van der Waals surface area contributed by atoms with E-state index < -0.39 is 0 Å². The molecule has 0 aliphatic carbocycles. The first-order valence-corrected chi connectivity index (χ1v) is 9.86. The van der Waals surface area contributed by atoms with E-state index in [2.05, 4.69) is 6.07 Å². The standard InChI is InChI=1S/C25H21FN2O2/c1-30-20-12-13-21(19(15-20)16-27)17-8-10-18(11-9-17)25(29)28-14-4-7-24(28)22-5-2-3-6-23(22)26/h2-3,5-6,8-13,15,24H,4,7,14H2,1H3/t24-/m1/s1. The van der Waals surface area contributed by atoms with Gasteiger partial charge in [0, 0.05) is 17.7 Å². The molecule has 0 saturated carbocycles. The van der Waals surface area contributed by atoms with Gasteiger partial charge in [-0.3, -0.25) is 4.79 Å². The zero-order chi connectivity index (χ0) is 21.1. The normalized spacial score (nSPS) is 15.6. The SMILES string of the molecule is COc1ccc(-c2ccc(C(=O)N3CCC[C@@H]3c3ccccc3F)cc2)c(C#N)c1. The molecule has 4 rings (SSSR count). The molecule has 0 N–H and O–H groups in total. The van der Waals surface area contributed by atoms with Crippen LogP contribution in [0, 0.1) is 17.1 Å². The molecule has 3 aromatic rings. The number of likely N-dealkylation sites (tertiary alicyclic amines) is 1. The average molecular weight is 400 g/mol. The van der Waals surface area contributed by atoms with Gasteiger partial charge in [-0.15, -0.1) is 0 Å². The monoisotopic (exact) mass is 400 g/mol. The van der Waals surface area contributed by atoms with Crippen molar-refractivity contribution in [2.75, 3.05) is 13.7 Å². The fourth-order valence-electron chi connectivity index (χ4n) is 4.03. The van der Waals surface area contributed by atoms with Crippen molar-refractivity contribution in [2.24, 2.45) is 0 Å². The summed E-state index contributed by atoms with van der Waals surface area (Å²) in [5.41, 5.74) is 3.25. The van der Waals surface area contributed by atoms with Gasteiger partial charge in [-0.05, 0) is 60.4 Å². The van der Waals surface area contributed by atoms with E-state index >= 15 is 0 Å². The molecule has 3 aromatic carbocycles. The fourth-order valence-corrected chi connectivity index (χ4v) is 4.03. The molecule has 0 bridgehead atoms. The summed E-state index contributed by atoms with van der Waals surface area (Å²) in [7, 11) is 1.56. The number of hydrogen-bond donors (Lipinski definition) is 0. The number of rotatable bonds is 4. The average Bonchev–Trinajstić information content (AvgIpc) is 3.28. The van der Waals surface area contributed by atoms with Gasteiger partial charge in [0.2, 0.25) is 0 Å². The van der Waals surface area contributed by atoms with Gasteiger partial charge in [0.25, 0.3) is 5.91 Å². The molecule has 4 nitrogen and oxygen atoms in total. The lowest BCUT2D eigenvalue weighted by Crippen LogP contribution is -2.31. The highest BCUT2D eigenvalue weighted by Gasteiger charge is 2.32. The number of nitriles is 1. The van der Waals surface area contributed by atoms with Crippen molar-refractivity contribution in [3.63, 3.8) is 0 Å². The third-order valence-electron chi connectivity index (χ3n) is 5.57. The van der Waals surface area contributed by atoms with Gasteiger partial charge in [0.1, 0.15) is 11.6 Å². The number of carbonyl (C=O) groups excluding carboxylic acids is 1. The van der Waals surface area contributed by atoms with Crippen molar-refractivity contribution in [3.05, 3.63) is 89.2 Å². The van der Waals surface area contributed by atoms with E-state index in [1.54, 1.807) is 54.5 Å². The van der Waals surface area contributed by atoms with Crippen LogP contribution in [0.1, 0.15) is 40.4 Å². The highest BCUT2D eigenvalue weighted by molar-refractivity contribution is 5.95. The van der Waals surface area contributed by atoms with Gasteiger partial charge in [-0.2, -0.15) is 5.26 Å². The second-order valence-electron chi connectivity index (χ2n) is 7.28. The van der Waals surface area contributed by atoms with Crippen LogP contribution in [-0.2, 0) is 0 Å². The van der Waals surface area contributed by atoms with Crippen LogP contribution in [0.15, 0.2) is 66.7 Å². The maximum absolute atomic E-state index is 14.3. The van der Waals surface area contributed by atoms with Gasteiger partial charge in [-0.1, -0.05) is 30.3 Å². The van der Waals surface area contributed by atoms with Crippen LogP contribution in [0.25, 0.3) is 11.1 Å². The number of amides is 1. The van der Waals surface area contributed by atoms with E-state index in [4.69, 9.17) is 4.74 Å². The third kappa shape index (κ3) is 3.65. The molecule has 30 heavy (non-hydrogen) atoms. The van der Waals surface area contributed by atoms with Gasteiger partial charge in [0.15, 0.2) is 0 Å². The molecule has 1 atom stereocenters. The summed E-state index contributed by atoms with van der Waals surface area (Å²) in [5, 5.41) is 9.45. The minimum absolute atomic E-state index is 0.109. The number of ether oxygens (including phenoxy) is 1. The third-order valence-corrected chi connectivity index (χ3v) is 5.57. The predicted octanol–water partition coefficient (Wildman–Crippen LogP) is 5.35. The summed E-state index contributed by atoms with van der Waals surface area (Å²) in [4.78, 5) is 14.9. The molecule has 5 heteroatoms. The summed E-state index contributed by atoms with van der Waals surface area (Å²) in [6.45, 7) is 0.608. The molecule has 1 saturated heterocycles. The Morgan fingerprint density at radius 3 is 2.60 bits per heavy atom. The molecule has 1 aliphatic rings. The van der Waals surface area contributed by atoms with Gasteiger partial charge in [-0.25, -0.2) is 4.39 Å². The van der Waals surface area contributed by atoms with Crippen LogP contribution >= 0.6 is 0 Å². The highest BCUT2D eigenvalue weighted by Crippen LogP contribution is 2.35. The van der Waals surface area contributed by atoms with Crippen molar-refractivity contribution < 1.29 is 13.9 Å².